The maximum Gasteiger partial charge on any atom is 0.255 e. The summed E-state index contributed by atoms with van der Waals surface area (Å²) in [5.74, 6) is -5.30. The Morgan fingerprint density at radius 3 is 2.39 bits per heavy atom. The van der Waals surface area contributed by atoms with Crippen molar-refractivity contribution in [2.45, 2.75) is 31.1 Å². The highest BCUT2D eigenvalue weighted by Crippen LogP contribution is 2.53. The Morgan fingerprint density at radius 2 is 1.76 bits per heavy atom. The third kappa shape index (κ3) is 4.89. The van der Waals surface area contributed by atoms with E-state index < -0.39 is 58.0 Å². The molecular weight excluding hydrogens is 628 g/mol. The molecule has 3 aliphatic rings. The number of carbonyl (C=O) groups is 3. The number of amides is 1. The van der Waals surface area contributed by atoms with Crippen LogP contribution in [0.5, 0.6) is 5.75 Å². The van der Waals surface area contributed by atoms with E-state index in [0.717, 1.165) is 11.3 Å². The lowest BCUT2D eigenvalue weighted by Crippen LogP contribution is -2.63. The number of nitrogens with two attached hydrogens (primary N) is 1. The van der Waals surface area contributed by atoms with Crippen molar-refractivity contribution in [3.05, 3.63) is 100 Å². The van der Waals surface area contributed by atoms with E-state index in [-0.39, 0.29) is 35.5 Å². The summed E-state index contributed by atoms with van der Waals surface area (Å²) < 4.78 is 12.2. The molecule has 0 aliphatic heterocycles. The van der Waals surface area contributed by atoms with Gasteiger partial charge in [-0.3, -0.25) is 19.3 Å². The number of fused-ring (bicyclic) bond motifs is 5. The minimum atomic E-state index is -2.67. The molecule has 5 N–H and O–H groups in total. The number of Topliss-reactive ketones (excluding diaryl/α,β-unsaturated/α-hetero) is 2. The van der Waals surface area contributed by atoms with Crippen LogP contribution in [0.2, 0.25) is 0 Å². The summed E-state index contributed by atoms with van der Waals surface area (Å²) in [5, 5.41) is 34.7. The number of hydrogen-bond donors (Lipinski definition) is 4. The zero-order valence-electron chi connectivity index (χ0n) is 27.4. The Hall–Kier alpha value is -5.46. The van der Waals surface area contributed by atoms with Gasteiger partial charge < -0.3 is 35.1 Å². The van der Waals surface area contributed by atoms with E-state index >= 15 is 0 Å². The van der Waals surface area contributed by atoms with Crippen molar-refractivity contribution in [2.24, 2.45) is 17.6 Å². The number of allylic oxidation sites excluding steroid dienone is 1. The van der Waals surface area contributed by atoms with Gasteiger partial charge in [-0.1, -0.05) is 30.3 Å². The van der Waals surface area contributed by atoms with Crippen LogP contribution in [0.3, 0.4) is 0 Å². The molecule has 12 heteroatoms. The number of benzene rings is 3. The average Bonchev–Trinajstić information content (AvgIpc) is 3.49. The summed E-state index contributed by atoms with van der Waals surface area (Å²) in [6.07, 6.45) is 0.318. The van der Waals surface area contributed by atoms with Gasteiger partial charge in [0.2, 0.25) is 11.7 Å². The molecule has 0 radical (unpaired) electrons. The molecule has 1 aromatic heterocycles. The smallest absolute Gasteiger partial charge is 0.255 e. The fraction of sp³-hybridized carbons (Fsp3) is 0.297. The van der Waals surface area contributed by atoms with Crippen LogP contribution < -0.4 is 15.4 Å². The number of hydrogen-bond acceptors (Lipinski definition) is 11. The highest BCUT2D eigenvalue weighted by atomic mass is 16.5. The van der Waals surface area contributed by atoms with E-state index in [1.54, 1.807) is 31.1 Å². The van der Waals surface area contributed by atoms with Crippen molar-refractivity contribution < 1.29 is 38.9 Å². The van der Waals surface area contributed by atoms with Gasteiger partial charge >= 0.3 is 0 Å². The molecule has 0 fully saturated rings. The van der Waals surface area contributed by atoms with E-state index in [1.165, 1.54) is 0 Å². The second kappa shape index (κ2) is 11.6. The van der Waals surface area contributed by atoms with Gasteiger partial charge in [-0.25, -0.2) is 4.98 Å². The summed E-state index contributed by atoms with van der Waals surface area (Å²) in [6.45, 7) is 0.410. The fourth-order valence-corrected chi connectivity index (χ4v) is 7.64. The first-order chi connectivity index (χ1) is 23.3. The third-order valence-electron chi connectivity index (χ3n) is 9.91. The number of anilines is 1. The fourth-order valence-electron chi connectivity index (χ4n) is 7.64. The topological polar surface area (TPSA) is 180 Å². The largest absolute Gasteiger partial charge is 0.510 e. The van der Waals surface area contributed by atoms with Gasteiger partial charge in [-0.05, 0) is 74.3 Å². The van der Waals surface area contributed by atoms with Crippen LogP contribution >= 0.6 is 0 Å². The molecule has 12 nitrogen and oxygen atoms in total. The molecule has 7 rings (SSSR count). The van der Waals surface area contributed by atoms with E-state index in [0.29, 0.717) is 29.0 Å². The number of aromatic nitrogens is 1. The number of primary amides is 1. The quantitative estimate of drug-likeness (QED) is 0.211. The highest BCUT2D eigenvalue weighted by molar-refractivity contribution is 6.25. The normalized spacial score (nSPS) is 23.4. The Balaban J connectivity index is 1.31. The van der Waals surface area contributed by atoms with Crippen molar-refractivity contribution in [3.63, 3.8) is 0 Å². The first kappa shape index (κ1) is 32.1. The minimum absolute atomic E-state index is 0.0526. The van der Waals surface area contributed by atoms with Gasteiger partial charge in [0.15, 0.2) is 17.0 Å². The van der Waals surface area contributed by atoms with Crippen molar-refractivity contribution in [1.82, 2.24) is 9.88 Å². The number of ether oxygens (including phenoxy) is 1. The van der Waals surface area contributed by atoms with E-state index in [1.807, 2.05) is 67.5 Å². The van der Waals surface area contributed by atoms with Crippen LogP contribution in [0.15, 0.2) is 87.7 Å². The lowest BCUT2D eigenvalue weighted by atomic mass is 9.58. The lowest BCUT2D eigenvalue weighted by Gasteiger charge is -2.50. The highest BCUT2D eigenvalue weighted by Gasteiger charge is 2.63. The molecule has 4 atom stereocenters. The Bertz CT molecular complexity index is 2100. The molecule has 0 bridgehead atoms. The first-order valence-corrected chi connectivity index (χ1v) is 15.9. The maximum atomic E-state index is 14.5. The molecule has 0 saturated carbocycles. The zero-order chi connectivity index (χ0) is 34.9. The van der Waals surface area contributed by atoms with Gasteiger partial charge in [0.05, 0.1) is 11.6 Å². The van der Waals surface area contributed by atoms with Crippen molar-refractivity contribution in [2.75, 3.05) is 33.1 Å². The SMILES string of the molecule is CN(C)c1cc2nc(-c3ccc(OCc4ccccc4)cc3)oc2c2c1C[C@H]1C[C@H]3[C@H](N(C)C)C(O)=C(C(N)=O)C(=O)C3(O)C(O)=C1C2=O. The summed E-state index contributed by atoms with van der Waals surface area (Å²) >= 11 is 0. The number of ketones is 2. The van der Waals surface area contributed by atoms with Crippen LogP contribution in [-0.2, 0) is 22.6 Å². The lowest BCUT2D eigenvalue weighted by molar-refractivity contribution is -0.148. The standard InChI is InChI=1S/C37H36N4O8/c1-40(2)25-16-24-32(49-36(39-24)19-10-12-21(13-11-19)48-17-18-8-6-5-7-9-18)27-22(25)14-20-15-23-29(41(3)4)31(43)28(35(38)46)34(45)37(23,47)33(44)26(20)30(27)42/h5-13,16,20,23,29,43-44,47H,14-15,17H2,1-4H3,(H2,38,46)/t20-,23-,29-,37?/m0/s1. The van der Waals surface area contributed by atoms with Crippen molar-refractivity contribution in [1.29, 1.82) is 0 Å². The van der Waals surface area contributed by atoms with E-state index in [2.05, 4.69) is 0 Å². The monoisotopic (exact) mass is 664 g/mol. The van der Waals surface area contributed by atoms with Crippen LogP contribution in [0.1, 0.15) is 27.9 Å². The number of rotatable bonds is 7. The zero-order valence-corrected chi connectivity index (χ0v) is 27.4. The molecule has 0 spiro atoms. The van der Waals surface area contributed by atoms with Crippen molar-refractivity contribution in [3.8, 4) is 17.2 Å². The summed E-state index contributed by atoms with van der Waals surface area (Å²) in [6, 6.07) is 17.8. The molecule has 4 aromatic rings. The second-order valence-electron chi connectivity index (χ2n) is 13.3. The Kier molecular flexibility index (Phi) is 7.60. The number of aliphatic hydroxyl groups excluding tert-OH is 2. The number of oxazole rings is 1. The first-order valence-electron chi connectivity index (χ1n) is 15.9. The van der Waals surface area contributed by atoms with Crippen molar-refractivity contribution >= 4 is 34.3 Å². The average molecular weight is 665 g/mol. The second-order valence-corrected chi connectivity index (χ2v) is 13.3. The molecule has 0 saturated heterocycles. The van der Waals surface area contributed by atoms with Gasteiger partial charge in [-0.15, -0.1) is 0 Å². The molecule has 252 valence electrons. The van der Waals surface area contributed by atoms with Crippen LogP contribution in [0.4, 0.5) is 5.69 Å². The van der Waals surface area contributed by atoms with Gasteiger partial charge in [0.25, 0.3) is 5.91 Å². The molecule has 3 aliphatic carbocycles. The molecule has 3 aromatic carbocycles. The van der Waals surface area contributed by atoms with E-state index in [9.17, 15) is 29.7 Å². The number of aliphatic hydroxyl groups is 3. The molecular formula is C37H36N4O8. The summed E-state index contributed by atoms with van der Waals surface area (Å²) in [5.41, 5.74) is 5.71. The minimum Gasteiger partial charge on any atom is -0.510 e. The third-order valence-corrected chi connectivity index (χ3v) is 9.91. The predicted molar refractivity (Wildman–Crippen MR) is 180 cm³/mol. The molecule has 1 unspecified atom stereocenters. The predicted octanol–water partition coefficient (Wildman–Crippen LogP) is 3.87. The van der Waals surface area contributed by atoms with Crippen LogP contribution in [-0.4, -0.2) is 82.5 Å². The molecule has 1 amide bonds. The van der Waals surface area contributed by atoms with Crippen LogP contribution in [0, 0.1) is 11.8 Å². The van der Waals surface area contributed by atoms with Gasteiger partial charge in [0.1, 0.15) is 35.0 Å². The summed E-state index contributed by atoms with van der Waals surface area (Å²) in [7, 11) is 6.92. The number of carbonyl (C=O) groups excluding carboxylic acids is 3. The maximum absolute atomic E-state index is 14.5. The Morgan fingerprint density at radius 1 is 1.06 bits per heavy atom. The Labute approximate surface area is 281 Å². The molecule has 1 heterocycles. The van der Waals surface area contributed by atoms with Gasteiger partial charge in [0, 0.05) is 36.8 Å². The van der Waals surface area contributed by atoms with Crippen LogP contribution in [0.25, 0.3) is 22.6 Å². The number of nitrogens with zero attached hydrogens (tertiary/aromatic N) is 3. The molecule has 49 heavy (non-hydrogen) atoms. The van der Waals surface area contributed by atoms with E-state index in [4.69, 9.17) is 19.9 Å². The summed E-state index contributed by atoms with van der Waals surface area (Å²) in [4.78, 5) is 48.6. The van der Waals surface area contributed by atoms with Gasteiger partial charge in [-0.2, -0.15) is 0 Å². The number of likely N-dealkylation sites (N-methyl/N-ethyl adjacent to an activating group) is 1.